The third-order valence-corrected chi connectivity index (χ3v) is 4.25. The molecule has 22 heavy (non-hydrogen) atoms. The standard InChI is InChI=1S/C15H28N6.HI/c1-16-15(18-11-14-19-12-20-21(14)2)17-10-6-9-13-7-4-3-5-8-13;/h12-13H,3-11H2,1-2H3,(H2,16,17,18);1H. The Bertz CT molecular complexity index is 439. The van der Waals surface area contributed by atoms with Crippen molar-refractivity contribution in [1.29, 1.82) is 0 Å². The van der Waals surface area contributed by atoms with Gasteiger partial charge in [-0.1, -0.05) is 32.1 Å². The molecule has 0 spiro atoms. The number of nitrogens with zero attached hydrogens (tertiary/aromatic N) is 4. The smallest absolute Gasteiger partial charge is 0.191 e. The zero-order chi connectivity index (χ0) is 14.9. The van der Waals surface area contributed by atoms with Crippen LogP contribution in [0.4, 0.5) is 0 Å². The van der Waals surface area contributed by atoms with Gasteiger partial charge >= 0.3 is 0 Å². The molecule has 1 saturated carbocycles. The Labute approximate surface area is 150 Å². The first-order valence-electron chi connectivity index (χ1n) is 8.07. The Morgan fingerprint density at radius 1 is 1.32 bits per heavy atom. The SMILES string of the molecule is CN=C(NCCCC1CCCCC1)NCc1ncnn1C.I. The maximum absolute atomic E-state index is 4.24. The molecule has 0 bridgehead atoms. The van der Waals surface area contributed by atoms with E-state index < -0.39 is 0 Å². The van der Waals surface area contributed by atoms with E-state index in [4.69, 9.17) is 0 Å². The highest BCUT2D eigenvalue weighted by molar-refractivity contribution is 14.0. The molecule has 7 heteroatoms. The van der Waals surface area contributed by atoms with Crippen LogP contribution in [0.3, 0.4) is 0 Å². The van der Waals surface area contributed by atoms with Crippen molar-refractivity contribution in [2.45, 2.75) is 51.5 Å². The second-order valence-corrected chi connectivity index (χ2v) is 5.80. The fraction of sp³-hybridized carbons (Fsp3) is 0.800. The summed E-state index contributed by atoms with van der Waals surface area (Å²) in [6, 6.07) is 0. The summed E-state index contributed by atoms with van der Waals surface area (Å²) in [5.74, 6) is 2.69. The van der Waals surface area contributed by atoms with Gasteiger partial charge in [-0.15, -0.1) is 24.0 Å². The molecule has 1 heterocycles. The fourth-order valence-electron chi connectivity index (χ4n) is 2.94. The van der Waals surface area contributed by atoms with E-state index in [0.717, 1.165) is 24.2 Å². The van der Waals surface area contributed by atoms with E-state index in [-0.39, 0.29) is 24.0 Å². The largest absolute Gasteiger partial charge is 0.356 e. The van der Waals surface area contributed by atoms with Crippen molar-refractivity contribution < 1.29 is 0 Å². The molecule has 2 rings (SSSR count). The van der Waals surface area contributed by atoms with Crippen LogP contribution < -0.4 is 10.6 Å². The number of aromatic nitrogens is 3. The average Bonchev–Trinajstić information content (AvgIpc) is 2.93. The molecular weight excluding hydrogens is 391 g/mol. The zero-order valence-corrected chi connectivity index (χ0v) is 16.0. The van der Waals surface area contributed by atoms with E-state index in [9.17, 15) is 0 Å². The van der Waals surface area contributed by atoms with Gasteiger partial charge in [0, 0.05) is 20.6 Å². The molecule has 1 aliphatic carbocycles. The van der Waals surface area contributed by atoms with E-state index in [1.54, 1.807) is 18.1 Å². The number of guanidine groups is 1. The predicted octanol–water partition coefficient (Wildman–Crippen LogP) is 2.46. The first kappa shape index (κ1) is 19.2. The van der Waals surface area contributed by atoms with Crippen LogP contribution >= 0.6 is 24.0 Å². The highest BCUT2D eigenvalue weighted by Crippen LogP contribution is 2.26. The highest BCUT2D eigenvalue weighted by Gasteiger charge is 2.12. The molecule has 0 aliphatic heterocycles. The van der Waals surface area contributed by atoms with E-state index in [0.29, 0.717) is 6.54 Å². The number of halogens is 1. The molecule has 1 fully saturated rings. The Balaban J connectivity index is 0.00000242. The number of nitrogens with one attached hydrogen (secondary N) is 2. The molecule has 0 amide bonds. The van der Waals surface area contributed by atoms with Crippen LogP contribution in [0.15, 0.2) is 11.3 Å². The van der Waals surface area contributed by atoms with Crippen molar-refractivity contribution in [3.05, 3.63) is 12.2 Å². The average molecular weight is 420 g/mol. The summed E-state index contributed by atoms with van der Waals surface area (Å²) in [6.07, 6.45) is 11.3. The van der Waals surface area contributed by atoms with Gasteiger partial charge in [-0.05, 0) is 18.8 Å². The molecular formula is C15H29IN6. The van der Waals surface area contributed by atoms with Crippen molar-refractivity contribution in [3.63, 3.8) is 0 Å². The molecule has 6 nitrogen and oxygen atoms in total. The number of rotatable bonds is 6. The predicted molar refractivity (Wildman–Crippen MR) is 100 cm³/mol. The van der Waals surface area contributed by atoms with Gasteiger partial charge in [0.15, 0.2) is 5.96 Å². The van der Waals surface area contributed by atoms with Crippen molar-refractivity contribution in [2.24, 2.45) is 18.0 Å². The Hall–Kier alpha value is -0.860. The lowest BCUT2D eigenvalue weighted by molar-refractivity contribution is 0.332. The monoisotopic (exact) mass is 420 g/mol. The van der Waals surface area contributed by atoms with Gasteiger partial charge < -0.3 is 10.6 Å². The minimum absolute atomic E-state index is 0. The summed E-state index contributed by atoms with van der Waals surface area (Å²) < 4.78 is 1.77. The van der Waals surface area contributed by atoms with Gasteiger partial charge in [0.1, 0.15) is 12.2 Å². The first-order chi connectivity index (χ1) is 10.3. The van der Waals surface area contributed by atoms with E-state index in [2.05, 4.69) is 25.7 Å². The quantitative estimate of drug-likeness (QED) is 0.321. The molecule has 1 aromatic rings. The second-order valence-electron chi connectivity index (χ2n) is 5.80. The van der Waals surface area contributed by atoms with E-state index >= 15 is 0 Å². The number of aliphatic imine (C=N–C) groups is 1. The minimum atomic E-state index is 0. The van der Waals surface area contributed by atoms with Crippen LogP contribution in [0.5, 0.6) is 0 Å². The Kier molecular flexibility index (Phi) is 9.42. The normalized spacial score (nSPS) is 16.2. The summed E-state index contributed by atoms with van der Waals surface area (Å²) in [7, 11) is 3.69. The third kappa shape index (κ3) is 6.50. The van der Waals surface area contributed by atoms with Crippen LogP contribution in [0.1, 0.15) is 50.8 Å². The molecule has 0 saturated heterocycles. The molecule has 126 valence electrons. The maximum atomic E-state index is 4.24. The lowest BCUT2D eigenvalue weighted by Crippen LogP contribution is -2.38. The molecule has 1 aliphatic rings. The Morgan fingerprint density at radius 3 is 2.73 bits per heavy atom. The van der Waals surface area contributed by atoms with Gasteiger partial charge in [0.25, 0.3) is 0 Å². The van der Waals surface area contributed by atoms with E-state index in [1.807, 2.05) is 7.05 Å². The van der Waals surface area contributed by atoms with Crippen LogP contribution in [0.25, 0.3) is 0 Å². The molecule has 2 N–H and O–H groups in total. The lowest BCUT2D eigenvalue weighted by Gasteiger charge is -2.21. The topological polar surface area (TPSA) is 67.1 Å². The molecule has 0 atom stereocenters. The van der Waals surface area contributed by atoms with Gasteiger partial charge in [-0.2, -0.15) is 5.10 Å². The van der Waals surface area contributed by atoms with Gasteiger partial charge in [-0.25, -0.2) is 4.98 Å². The molecule has 0 aromatic carbocycles. The lowest BCUT2D eigenvalue weighted by atomic mass is 9.86. The molecule has 0 radical (unpaired) electrons. The molecule has 0 unspecified atom stereocenters. The summed E-state index contributed by atoms with van der Waals surface area (Å²) in [5.41, 5.74) is 0. The first-order valence-corrected chi connectivity index (χ1v) is 8.07. The van der Waals surface area contributed by atoms with Crippen LogP contribution in [0, 0.1) is 5.92 Å². The molecule has 1 aromatic heterocycles. The van der Waals surface area contributed by atoms with Crippen molar-refractivity contribution in [1.82, 2.24) is 25.4 Å². The summed E-state index contributed by atoms with van der Waals surface area (Å²) in [6.45, 7) is 1.62. The maximum Gasteiger partial charge on any atom is 0.191 e. The number of hydrogen-bond acceptors (Lipinski definition) is 3. The van der Waals surface area contributed by atoms with Crippen molar-refractivity contribution in [3.8, 4) is 0 Å². The highest BCUT2D eigenvalue weighted by atomic mass is 127. The minimum Gasteiger partial charge on any atom is -0.356 e. The van der Waals surface area contributed by atoms with Crippen molar-refractivity contribution >= 4 is 29.9 Å². The summed E-state index contributed by atoms with van der Waals surface area (Å²) in [4.78, 5) is 8.42. The van der Waals surface area contributed by atoms with Crippen LogP contribution in [0.2, 0.25) is 0 Å². The number of aryl methyl sites for hydroxylation is 1. The Morgan fingerprint density at radius 2 is 2.09 bits per heavy atom. The van der Waals surface area contributed by atoms with E-state index in [1.165, 1.54) is 44.9 Å². The summed E-state index contributed by atoms with van der Waals surface area (Å²) in [5, 5.41) is 10.7. The van der Waals surface area contributed by atoms with Crippen LogP contribution in [-0.4, -0.2) is 34.3 Å². The van der Waals surface area contributed by atoms with Gasteiger partial charge in [0.2, 0.25) is 0 Å². The van der Waals surface area contributed by atoms with Gasteiger partial charge in [-0.3, -0.25) is 9.67 Å². The summed E-state index contributed by atoms with van der Waals surface area (Å²) >= 11 is 0. The third-order valence-electron chi connectivity index (χ3n) is 4.25. The zero-order valence-electron chi connectivity index (χ0n) is 13.7. The van der Waals surface area contributed by atoms with Crippen molar-refractivity contribution in [2.75, 3.05) is 13.6 Å². The second kappa shape index (κ2) is 10.8. The van der Waals surface area contributed by atoms with Crippen LogP contribution in [-0.2, 0) is 13.6 Å². The van der Waals surface area contributed by atoms with Gasteiger partial charge in [0.05, 0.1) is 6.54 Å². The number of hydrogen-bond donors (Lipinski definition) is 2. The fourth-order valence-corrected chi connectivity index (χ4v) is 2.94.